The fourth-order valence-electron chi connectivity index (χ4n) is 1.86. The minimum Gasteiger partial charge on any atom is -0.378 e. The van der Waals surface area contributed by atoms with Crippen molar-refractivity contribution >= 4 is 21.6 Å². The zero-order chi connectivity index (χ0) is 14.8. The topological polar surface area (TPSA) is 12.0 Å². The van der Waals surface area contributed by atoms with Gasteiger partial charge in [0.25, 0.3) is 0 Å². The van der Waals surface area contributed by atoms with Gasteiger partial charge in [0, 0.05) is 16.2 Å². The molecule has 1 unspecified atom stereocenters. The summed E-state index contributed by atoms with van der Waals surface area (Å²) >= 11 is 3.42. The van der Waals surface area contributed by atoms with Gasteiger partial charge in [-0.05, 0) is 52.7 Å². The first-order valence-corrected chi connectivity index (χ1v) is 6.85. The highest BCUT2D eigenvalue weighted by Gasteiger charge is 2.30. The van der Waals surface area contributed by atoms with Crippen LogP contribution in [0, 0.1) is 0 Å². The Hall–Kier alpha value is -1.49. The lowest BCUT2D eigenvalue weighted by atomic mass is 10.1. The van der Waals surface area contributed by atoms with Crippen LogP contribution in [0.4, 0.5) is 18.9 Å². The standard InChI is InChI=1S/C15H13BrF3N/c1-10(20-14-5-3-2-4-13(14)16)11-6-8-12(9-7-11)15(17,18)19/h2-10,20H,1H3. The van der Waals surface area contributed by atoms with Gasteiger partial charge < -0.3 is 5.32 Å². The van der Waals surface area contributed by atoms with Crippen molar-refractivity contribution in [1.29, 1.82) is 0 Å². The summed E-state index contributed by atoms with van der Waals surface area (Å²) in [6.45, 7) is 1.90. The number of benzene rings is 2. The molecular weight excluding hydrogens is 331 g/mol. The molecule has 1 nitrogen and oxygen atoms in total. The van der Waals surface area contributed by atoms with Gasteiger partial charge in [-0.2, -0.15) is 13.2 Å². The van der Waals surface area contributed by atoms with Crippen LogP contribution in [0.15, 0.2) is 53.0 Å². The van der Waals surface area contributed by atoms with Crippen LogP contribution < -0.4 is 5.32 Å². The Labute approximate surface area is 123 Å². The number of rotatable bonds is 3. The molecule has 0 amide bonds. The van der Waals surface area contributed by atoms with E-state index in [1.54, 1.807) is 0 Å². The minimum atomic E-state index is -4.29. The first-order chi connectivity index (χ1) is 9.38. The highest BCUT2D eigenvalue weighted by molar-refractivity contribution is 9.10. The zero-order valence-corrected chi connectivity index (χ0v) is 12.3. The van der Waals surface area contributed by atoms with Crippen LogP contribution in [0.25, 0.3) is 0 Å². The van der Waals surface area contributed by atoms with E-state index in [0.29, 0.717) is 0 Å². The van der Waals surface area contributed by atoms with Crippen LogP contribution in [0.1, 0.15) is 24.1 Å². The van der Waals surface area contributed by atoms with E-state index < -0.39 is 11.7 Å². The molecule has 106 valence electrons. The number of para-hydroxylation sites is 1. The monoisotopic (exact) mass is 343 g/mol. The van der Waals surface area contributed by atoms with E-state index in [1.165, 1.54) is 12.1 Å². The third-order valence-corrected chi connectivity index (χ3v) is 3.68. The van der Waals surface area contributed by atoms with E-state index in [1.807, 2.05) is 31.2 Å². The Bertz CT molecular complexity index is 578. The molecule has 0 aliphatic heterocycles. The largest absolute Gasteiger partial charge is 0.416 e. The van der Waals surface area contributed by atoms with E-state index in [2.05, 4.69) is 21.2 Å². The summed E-state index contributed by atoms with van der Waals surface area (Å²) in [7, 11) is 0. The lowest BCUT2D eigenvalue weighted by molar-refractivity contribution is -0.137. The molecule has 0 spiro atoms. The molecule has 5 heteroatoms. The maximum absolute atomic E-state index is 12.5. The molecule has 0 saturated carbocycles. The third-order valence-electron chi connectivity index (χ3n) is 2.98. The molecule has 1 atom stereocenters. The molecule has 0 aliphatic rings. The molecule has 1 N–H and O–H groups in total. The van der Waals surface area contributed by atoms with Crippen molar-refractivity contribution in [3.05, 3.63) is 64.1 Å². The Morgan fingerprint density at radius 1 is 1.00 bits per heavy atom. The van der Waals surface area contributed by atoms with E-state index in [9.17, 15) is 13.2 Å². The van der Waals surface area contributed by atoms with Crippen LogP contribution in [-0.4, -0.2) is 0 Å². The predicted molar refractivity (Wildman–Crippen MR) is 77.6 cm³/mol. The van der Waals surface area contributed by atoms with Gasteiger partial charge in [0.05, 0.1) is 5.56 Å². The smallest absolute Gasteiger partial charge is 0.378 e. The minimum absolute atomic E-state index is 0.0871. The molecule has 0 fully saturated rings. The van der Waals surface area contributed by atoms with Crippen molar-refractivity contribution in [2.75, 3.05) is 5.32 Å². The highest BCUT2D eigenvalue weighted by atomic mass is 79.9. The molecule has 0 heterocycles. The van der Waals surface area contributed by atoms with E-state index in [4.69, 9.17) is 0 Å². The number of hydrogen-bond acceptors (Lipinski definition) is 1. The van der Waals surface area contributed by atoms with Crippen LogP contribution in [0.5, 0.6) is 0 Å². The van der Waals surface area contributed by atoms with Crippen molar-refractivity contribution < 1.29 is 13.2 Å². The zero-order valence-electron chi connectivity index (χ0n) is 10.7. The lowest BCUT2D eigenvalue weighted by Gasteiger charge is -2.17. The molecular formula is C15H13BrF3N. The van der Waals surface area contributed by atoms with Crippen molar-refractivity contribution in [3.63, 3.8) is 0 Å². The second kappa shape index (κ2) is 5.87. The van der Waals surface area contributed by atoms with Gasteiger partial charge in [0.1, 0.15) is 0 Å². The number of nitrogens with one attached hydrogen (secondary N) is 1. The summed E-state index contributed by atoms with van der Waals surface area (Å²) in [6, 6.07) is 12.7. The van der Waals surface area contributed by atoms with Gasteiger partial charge in [-0.1, -0.05) is 24.3 Å². The van der Waals surface area contributed by atoms with Crippen LogP contribution >= 0.6 is 15.9 Å². The van der Waals surface area contributed by atoms with Crippen molar-refractivity contribution in [2.24, 2.45) is 0 Å². The Kier molecular flexibility index (Phi) is 4.38. The number of hydrogen-bond donors (Lipinski definition) is 1. The van der Waals surface area contributed by atoms with Crippen LogP contribution in [0.3, 0.4) is 0 Å². The van der Waals surface area contributed by atoms with Crippen molar-refractivity contribution in [3.8, 4) is 0 Å². The predicted octanol–water partition coefficient (Wildman–Crippen LogP) is 5.64. The van der Waals surface area contributed by atoms with Gasteiger partial charge >= 0.3 is 6.18 Å². The quantitative estimate of drug-likeness (QED) is 0.760. The van der Waals surface area contributed by atoms with E-state index in [-0.39, 0.29) is 6.04 Å². The number of halogens is 4. The fraction of sp³-hybridized carbons (Fsp3) is 0.200. The molecule has 0 aliphatic carbocycles. The van der Waals surface area contributed by atoms with Gasteiger partial charge in [0.2, 0.25) is 0 Å². The first-order valence-electron chi connectivity index (χ1n) is 6.06. The molecule has 0 radical (unpaired) electrons. The summed E-state index contributed by atoms with van der Waals surface area (Å²) < 4.78 is 38.4. The summed E-state index contributed by atoms with van der Waals surface area (Å²) in [5.41, 5.74) is 1.07. The second-order valence-corrected chi connectivity index (χ2v) is 5.32. The summed E-state index contributed by atoms with van der Waals surface area (Å²) in [5.74, 6) is 0. The molecule has 0 saturated heterocycles. The normalized spacial score (nSPS) is 13.1. The van der Waals surface area contributed by atoms with Gasteiger partial charge in [0.15, 0.2) is 0 Å². The average molecular weight is 344 g/mol. The molecule has 0 aromatic heterocycles. The summed E-state index contributed by atoms with van der Waals surface area (Å²) in [6.07, 6.45) is -4.29. The highest BCUT2D eigenvalue weighted by Crippen LogP contribution is 2.31. The summed E-state index contributed by atoms with van der Waals surface area (Å²) in [4.78, 5) is 0. The Morgan fingerprint density at radius 3 is 2.15 bits per heavy atom. The number of alkyl halides is 3. The second-order valence-electron chi connectivity index (χ2n) is 4.47. The van der Waals surface area contributed by atoms with Gasteiger partial charge in [-0.15, -0.1) is 0 Å². The fourth-order valence-corrected chi connectivity index (χ4v) is 2.25. The Balaban J connectivity index is 2.14. The van der Waals surface area contributed by atoms with E-state index in [0.717, 1.165) is 27.9 Å². The van der Waals surface area contributed by atoms with Gasteiger partial charge in [-0.3, -0.25) is 0 Å². The average Bonchev–Trinajstić information content (AvgIpc) is 2.40. The SMILES string of the molecule is CC(Nc1ccccc1Br)c1ccc(C(F)(F)F)cc1. The van der Waals surface area contributed by atoms with Crippen LogP contribution in [-0.2, 0) is 6.18 Å². The molecule has 2 aromatic rings. The Morgan fingerprint density at radius 2 is 1.60 bits per heavy atom. The maximum atomic E-state index is 12.5. The van der Waals surface area contributed by atoms with E-state index >= 15 is 0 Å². The van der Waals surface area contributed by atoms with Crippen molar-refractivity contribution in [1.82, 2.24) is 0 Å². The first kappa shape index (κ1) is 14.9. The van der Waals surface area contributed by atoms with Gasteiger partial charge in [-0.25, -0.2) is 0 Å². The maximum Gasteiger partial charge on any atom is 0.416 e. The molecule has 2 rings (SSSR count). The molecule has 2 aromatic carbocycles. The van der Waals surface area contributed by atoms with Crippen LogP contribution in [0.2, 0.25) is 0 Å². The molecule has 0 bridgehead atoms. The molecule has 20 heavy (non-hydrogen) atoms. The van der Waals surface area contributed by atoms with Crippen molar-refractivity contribution in [2.45, 2.75) is 19.1 Å². The third kappa shape index (κ3) is 3.54. The summed E-state index contributed by atoms with van der Waals surface area (Å²) in [5, 5.41) is 3.26. The number of anilines is 1. The lowest BCUT2D eigenvalue weighted by Crippen LogP contribution is -2.09.